The number of ketones is 1. The van der Waals surface area contributed by atoms with Crippen molar-refractivity contribution in [3.63, 3.8) is 0 Å². The van der Waals surface area contributed by atoms with E-state index in [9.17, 15) is 13.2 Å². The van der Waals surface area contributed by atoms with E-state index in [0.717, 1.165) is 17.6 Å². The first-order valence-corrected chi connectivity index (χ1v) is 10.6. The van der Waals surface area contributed by atoms with Gasteiger partial charge in [-0.15, -0.1) is 0 Å². The standard InChI is InChI=1S/C21H21N3O3S/c1-14-9-11-18(21(23-14)24-17-7-5-4-6-8-17)20(15(2)25)16-10-12-19(22-13-16)28(3,26)27/h4-13,20H,1-3H3,(H,23,24). The Hall–Kier alpha value is -3.06. The van der Waals surface area contributed by atoms with Gasteiger partial charge in [0.15, 0.2) is 14.9 Å². The highest BCUT2D eigenvalue weighted by molar-refractivity contribution is 7.90. The minimum atomic E-state index is -3.41. The first-order chi connectivity index (χ1) is 13.3. The number of Topliss-reactive ketones (excluding diaryl/α,β-unsaturated/α-hetero) is 1. The molecule has 0 spiro atoms. The predicted octanol–water partition coefficient (Wildman–Crippen LogP) is 3.65. The zero-order chi connectivity index (χ0) is 20.3. The minimum Gasteiger partial charge on any atom is -0.340 e. The van der Waals surface area contributed by atoms with Crippen LogP contribution in [0.25, 0.3) is 0 Å². The average Bonchev–Trinajstić information content (AvgIpc) is 2.64. The lowest BCUT2D eigenvalue weighted by molar-refractivity contribution is -0.117. The number of aromatic nitrogens is 2. The van der Waals surface area contributed by atoms with Crippen molar-refractivity contribution in [1.82, 2.24) is 9.97 Å². The molecule has 3 rings (SSSR count). The summed E-state index contributed by atoms with van der Waals surface area (Å²) in [5.74, 6) is -0.116. The Labute approximate surface area is 164 Å². The number of benzene rings is 1. The molecule has 3 aromatic rings. The highest BCUT2D eigenvalue weighted by atomic mass is 32.2. The molecule has 2 aromatic heterocycles. The maximum Gasteiger partial charge on any atom is 0.192 e. The van der Waals surface area contributed by atoms with E-state index in [1.807, 2.05) is 49.4 Å². The largest absolute Gasteiger partial charge is 0.340 e. The van der Waals surface area contributed by atoms with Crippen LogP contribution in [0.4, 0.5) is 11.5 Å². The molecule has 1 atom stereocenters. The van der Waals surface area contributed by atoms with Crippen molar-refractivity contribution in [3.05, 3.63) is 77.6 Å². The van der Waals surface area contributed by atoms with Gasteiger partial charge >= 0.3 is 0 Å². The number of aryl methyl sites for hydroxylation is 1. The molecular formula is C21H21N3O3S. The van der Waals surface area contributed by atoms with Crippen LogP contribution >= 0.6 is 0 Å². The second-order valence-corrected chi connectivity index (χ2v) is 8.59. The lowest BCUT2D eigenvalue weighted by atomic mass is 9.89. The smallest absolute Gasteiger partial charge is 0.192 e. The van der Waals surface area contributed by atoms with E-state index in [2.05, 4.69) is 15.3 Å². The molecule has 0 amide bonds. The summed E-state index contributed by atoms with van der Waals surface area (Å²) in [5, 5.41) is 3.25. The quantitative estimate of drug-likeness (QED) is 0.685. The third kappa shape index (κ3) is 4.43. The monoisotopic (exact) mass is 395 g/mol. The molecule has 7 heteroatoms. The number of carbonyl (C=O) groups is 1. The molecule has 1 N–H and O–H groups in total. The molecule has 1 aromatic carbocycles. The van der Waals surface area contributed by atoms with Crippen LogP contribution in [0.15, 0.2) is 65.8 Å². The van der Waals surface area contributed by atoms with Gasteiger partial charge in [-0.3, -0.25) is 4.79 Å². The van der Waals surface area contributed by atoms with Crippen LogP contribution in [-0.4, -0.2) is 30.4 Å². The summed E-state index contributed by atoms with van der Waals surface area (Å²) in [6.07, 6.45) is 2.54. The normalized spacial score (nSPS) is 12.4. The number of anilines is 2. The third-order valence-electron chi connectivity index (χ3n) is 4.29. The van der Waals surface area contributed by atoms with Crippen LogP contribution in [0.1, 0.15) is 29.7 Å². The van der Waals surface area contributed by atoms with Crippen LogP contribution < -0.4 is 5.32 Å². The summed E-state index contributed by atoms with van der Waals surface area (Å²) in [6, 6.07) is 16.3. The summed E-state index contributed by atoms with van der Waals surface area (Å²) in [4.78, 5) is 21.1. The Morgan fingerprint density at radius 3 is 2.32 bits per heavy atom. The van der Waals surface area contributed by atoms with Crippen LogP contribution in [0.2, 0.25) is 0 Å². The van der Waals surface area contributed by atoms with Crippen molar-refractivity contribution in [1.29, 1.82) is 0 Å². The topological polar surface area (TPSA) is 89.0 Å². The molecule has 2 heterocycles. The zero-order valence-electron chi connectivity index (χ0n) is 15.9. The van der Waals surface area contributed by atoms with Crippen molar-refractivity contribution in [3.8, 4) is 0 Å². The van der Waals surface area contributed by atoms with Gasteiger partial charge in [-0.05, 0) is 43.7 Å². The Balaban J connectivity index is 2.06. The van der Waals surface area contributed by atoms with Gasteiger partial charge < -0.3 is 5.32 Å². The van der Waals surface area contributed by atoms with Gasteiger partial charge in [0.2, 0.25) is 0 Å². The molecule has 28 heavy (non-hydrogen) atoms. The third-order valence-corrected chi connectivity index (χ3v) is 5.29. The fourth-order valence-corrected chi connectivity index (χ4v) is 3.53. The number of para-hydroxylation sites is 1. The minimum absolute atomic E-state index is 0.0248. The molecule has 1 unspecified atom stereocenters. The zero-order valence-corrected chi connectivity index (χ0v) is 16.7. The molecular weight excluding hydrogens is 374 g/mol. The van der Waals surface area contributed by atoms with E-state index < -0.39 is 15.8 Å². The number of pyridine rings is 2. The maximum atomic E-state index is 12.5. The Bertz CT molecular complexity index is 1100. The number of hydrogen-bond donors (Lipinski definition) is 1. The van der Waals surface area contributed by atoms with Gasteiger partial charge in [-0.2, -0.15) is 0 Å². The summed E-state index contributed by atoms with van der Waals surface area (Å²) in [5.41, 5.74) is 2.99. The van der Waals surface area contributed by atoms with Crippen LogP contribution in [0, 0.1) is 6.92 Å². The maximum absolute atomic E-state index is 12.5. The molecule has 144 valence electrons. The van der Waals surface area contributed by atoms with Crippen LogP contribution in [-0.2, 0) is 14.6 Å². The van der Waals surface area contributed by atoms with Crippen LogP contribution in [0.5, 0.6) is 0 Å². The number of sulfone groups is 1. The van der Waals surface area contributed by atoms with Crippen molar-refractivity contribution < 1.29 is 13.2 Å². The molecule has 6 nitrogen and oxygen atoms in total. The molecule has 0 aliphatic rings. The van der Waals surface area contributed by atoms with E-state index in [1.165, 1.54) is 19.2 Å². The summed E-state index contributed by atoms with van der Waals surface area (Å²) >= 11 is 0. The average molecular weight is 395 g/mol. The second kappa shape index (κ2) is 7.90. The second-order valence-electron chi connectivity index (χ2n) is 6.63. The first-order valence-electron chi connectivity index (χ1n) is 8.72. The molecule has 0 saturated carbocycles. The van der Waals surface area contributed by atoms with E-state index in [1.54, 1.807) is 6.07 Å². The fourth-order valence-electron chi connectivity index (χ4n) is 2.97. The number of nitrogens with zero attached hydrogens (tertiary/aromatic N) is 2. The summed E-state index contributed by atoms with van der Waals surface area (Å²) in [7, 11) is -3.41. The Morgan fingerprint density at radius 1 is 1.04 bits per heavy atom. The Kier molecular flexibility index (Phi) is 5.56. The number of hydrogen-bond acceptors (Lipinski definition) is 6. The van der Waals surface area contributed by atoms with E-state index >= 15 is 0 Å². The van der Waals surface area contributed by atoms with Gasteiger partial charge in [0.25, 0.3) is 0 Å². The van der Waals surface area contributed by atoms with Crippen molar-refractivity contribution in [2.75, 3.05) is 11.6 Å². The van der Waals surface area contributed by atoms with E-state index in [4.69, 9.17) is 0 Å². The number of nitrogens with one attached hydrogen (secondary N) is 1. The summed E-state index contributed by atoms with van der Waals surface area (Å²) in [6.45, 7) is 3.38. The van der Waals surface area contributed by atoms with E-state index in [-0.39, 0.29) is 10.8 Å². The van der Waals surface area contributed by atoms with E-state index in [0.29, 0.717) is 16.9 Å². The van der Waals surface area contributed by atoms with Gasteiger partial charge in [-0.1, -0.05) is 30.3 Å². The number of rotatable bonds is 6. The van der Waals surface area contributed by atoms with Crippen LogP contribution in [0.3, 0.4) is 0 Å². The molecule has 0 radical (unpaired) electrons. The molecule has 0 aliphatic carbocycles. The lowest BCUT2D eigenvalue weighted by Crippen LogP contribution is -2.14. The van der Waals surface area contributed by atoms with Gasteiger partial charge in [0.05, 0.1) is 5.92 Å². The highest BCUT2D eigenvalue weighted by Crippen LogP contribution is 2.32. The first kappa shape index (κ1) is 19.7. The van der Waals surface area contributed by atoms with Gasteiger partial charge in [0, 0.05) is 29.4 Å². The molecule has 0 bridgehead atoms. The van der Waals surface area contributed by atoms with Crippen molar-refractivity contribution in [2.24, 2.45) is 0 Å². The molecule has 0 saturated heterocycles. The number of carbonyl (C=O) groups excluding carboxylic acids is 1. The molecule has 0 aliphatic heterocycles. The van der Waals surface area contributed by atoms with Gasteiger partial charge in [-0.25, -0.2) is 18.4 Å². The fraction of sp³-hybridized carbons (Fsp3) is 0.190. The van der Waals surface area contributed by atoms with Gasteiger partial charge in [0.1, 0.15) is 11.6 Å². The SMILES string of the molecule is CC(=O)C(c1ccc(S(C)(=O)=O)nc1)c1ccc(C)nc1Nc1ccccc1. The molecule has 0 fully saturated rings. The Morgan fingerprint density at radius 2 is 1.75 bits per heavy atom. The lowest BCUT2D eigenvalue weighted by Gasteiger charge is -2.19. The highest BCUT2D eigenvalue weighted by Gasteiger charge is 2.24. The predicted molar refractivity (Wildman–Crippen MR) is 109 cm³/mol. The van der Waals surface area contributed by atoms with Crippen molar-refractivity contribution >= 4 is 27.1 Å². The van der Waals surface area contributed by atoms with Crippen molar-refractivity contribution in [2.45, 2.75) is 24.8 Å². The summed E-state index contributed by atoms with van der Waals surface area (Å²) < 4.78 is 23.3.